The zero-order chi connectivity index (χ0) is 16.7. The highest BCUT2D eigenvalue weighted by Crippen LogP contribution is 2.17. The summed E-state index contributed by atoms with van der Waals surface area (Å²) in [5.74, 6) is 1.38. The highest BCUT2D eigenvalue weighted by atomic mass is 16.2. The Morgan fingerprint density at radius 3 is 2.83 bits per heavy atom. The van der Waals surface area contributed by atoms with Crippen molar-refractivity contribution in [3.8, 4) is 0 Å². The number of nitrogens with zero attached hydrogens (tertiary/aromatic N) is 2. The van der Waals surface area contributed by atoms with Crippen LogP contribution in [0.25, 0.3) is 0 Å². The highest BCUT2D eigenvalue weighted by molar-refractivity contribution is 5.84. The quantitative estimate of drug-likeness (QED) is 0.812. The maximum absolute atomic E-state index is 12.2. The summed E-state index contributed by atoms with van der Waals surface area (Å²) >= 11 is 0. The van der Waals surface area contributed by atoms with E-state index in [-0.39, 0.29) is 18.4 Å². The molecule has 132 valence electrons. The maximum Gasteiger partial charge on any atom is 0.239 e. The SMILES string of the molecule is CC(C)CN1CCC[C@@H](CNC(=O)CN2CCCCCC2=O)C1. The minimum absolute atomic E-state index is 0.00114. The first-order valence-electron chi connectivity index (χ1n) is 9.31. The van der Waals surface area contributed by atoms with E-state index in [0.29, 0.717) is 18.3 Å². The third-order valence-corrected chi connectivity index (χ3v) is 4.82. The Hall–Kier alpha value is -1.10. The average molecular weight is 323 g/mol. The number of piperidine rings is 1. The number of hydrogen-bond acceptors (Lipinski definition) is 3. The molecule has 0 spiro atoms. The number of nitrogens with one attached hydrogen (secondary N) is 1. The Morgan fingerprint density at radius 1 is 1.22 bits per heavy atom. The topological polar surface area (TPSA) is 52.7 Å². The van der Waals surface area contributed by atoms with E-state index in [1.807, 2.05) is 0 Å². The van der Waals surface area contributed by atoms with Gasteiger partial charge in [0.05, 0.1) is 6.54 Å². The molecule has 5 heteroatoms. The van der Waals surface area contributed by atoms with E-state index in [4.69, 9.17) is 0 Å². The van der Waals surface area contributed by atoms with Crippen molar-refractivity contribution in [2.45, 2.75) is 52.4 Å². The molecule has 2 heterocycles. The van der Waals surface area contributed by atoms with E-state index in [0.717, 1.165) is 45.4 Å². The van der Waals surface area contributed by atoms with Crippen LogP contribution in [0.5, 0.6) is 0 Å². The van der Waals surface area contributed by atoms with Gasteiger partial charge in [-0.3, -0.25) is 9.59 Å². The van der Waals surface area contributed by atoms with E-state index in [1.54, 1.807) is 4.90 Å². The molecule has 0 unspecified atom stereocenters. The zero-order valence-electron chi connectivity index (χ0n) is 14.9. The lowest BCUT2D eigenvalue weighted by molar-refractivity contribution is -0.135. The van der Waals surface area contributed by atoms with E-state index in [2.05, 4.69) is 24.1 Å². The highest BCUT2D eigenvalue weighted by Gasteiger charge is 2.22. The van der Waals surface area contributed by atoms with Crippen LogP contribution in [0.2, 0.25) is 0 Å². The van der Waals surface area contributed by atoms with Crippen LogP contribution in [0.4, 0.5) is 0 Å². The van der Waals surface area contributed by atoms with E-state index in [9.17, 15) is 9.59 Å². The molecule has 23 heavy (non-hydrogen) atoms. The Balaban J connectivity index is 1.70. The van der Waals surface area contributed by atoms with Crippen molar-refractivity contribution < 1.29 is 9.59 Å². The number of amides is 2. The molecule has 2 fully saturated rings. The third-order valence-electron chi connectivity index (χ3n) is 4.82. The summed E-state index contributed by atoms with van der Waals surface area (Å²) in [6.45, 7) is 9.64. The molecule has 0 radical (unpaired) electrons. The molecule has 0 saturated carbocycles. The summed E-state index contributed by atoms with van der Waals surface area (Å²) < 4.78 is 0. The number of likely N-dealkylation sites (tertiary alicyclic amines) is 2. The molecular weight excluding hydrogens is 290 g/mol. The van der Waals surface area contributed by atoms with E-state index < -0.39 is 0 Å². The predicted molar refractivity (Wildman–Crippen MR) is 92.1 cm³/mol. The van der Waals surface area contributed by atoms with Crippen LogP contribution in [-0.4, -0.2) is 60.9 Å². The van der Waals surface area contributed by atoms with Gasteiger partial charge in [0.15, 0.2) is 0 Å². The molecule has 2 rings (SSSR count). The molecule has 2 amide bonds. The third kappa shape index (κ3) is 6.50. The minimum atomic E-state index is 0.00114. The molecule has 1 atom stereocenters. The Morgan fingerprint density at radius 2 is 2.04 bits per heavy atom. The van der Waals surface area contributed by atoms with Gasteiger partial charge in [0, 0.05) is 32.6 Å². The maximum atomic E-state index is 12.2. The summed E-state index contributed by atoms with van der Waals surface area (Å²) in [7, 11) is 0. The molecule has 0 aromatic rings. The standard InChI is InChI=1S/C18H33N3O2/c1-15(2)12-20-9-6-7-16(13-20)11-19-17(22)14-21-10-5-3-4-8-18(21)23/h15-16H,3-14H2,1-2H3,(H,19,22)/t16-/m0/s1. The van der Waals surface area contributed by atoms with Gasteiger partial charge in [-0.2, -0.15) is 0 Å². The first-order valence-corrected chi connectivity index (χ1v) is 9.31. The first kappa shape index (κ1) is 18.2. The van der Waals surface area contributed by atoms with Gasteiger partial charge >= 0.3 is 0 Å². The van der Waals surface area contributed by atoms with Crippen molar-refractivity contribution >= 4 is 11.8 Å². The summed E-state index contributed by atoms with van der Waals surface area (Å²) in [5, 5.41) is 3.06. The van der Waals surface area contributed by atoms with Crippen molar-refractivity contribution in [3.05, 3.63) is 0 Å². The molecule has 2 saturated heterocycles. The van der Waals surface area contributed by atoms with Crippen molar-refractivity contribution in [2.24, 2.45) is 11.8 Å². The minimum Gasteiger partial charge on any atom is -0.354 e. The fraction of sp³-hybridized carbons (Fsp3) is 0.889. The molecule has 2 aliphatic heterocycles. The zero-order valence-corrected chi connectivity index (χ0v) is 14.9. The van der Waals surface area contributed by atoms with Gasteiger partial charge in [0.25, 0.3) is 0 Å². The Labute approximate surface area is 140 Å². The number of rotatable bonds is 6. The predicted octanol–water partition coefficient (Wildman–Crippen LogP) is 1.87. The summed E-state index contributed by atoms with van der Waals surface area (Å²) in [6.07, 6.45) is 6.09. The fourth-order valence-corrected chi connectivity index (χ4v) is 3.69. The molecule has 1 N–H and O–H groups in total. The van der Waals surface area contributed by atoms with Crippen molar-refractivity contribution in [3.63, 3.8) is 0 Å². The molecule has 2 aliphatic rings. The van der Waals surface area contributed by atoms with Crippen LogP contribution >= 0.6 is 0 Å². The van der Waals surface area contributed by atoms with Gasteiger partial charge in [0.1, 0.15) is 0 Å². The fourth-order valence-electron chi connectivity index (χ4n) is 3.69. The van der Waals surface area contributed by atoms with Crippen molar-refractivity contribution in [1.82, 2.24) is 15.1 Å². The van der Waals surface area contributed by atoms with Gasteiger partial charge in [-0.05, 0) is 44.1 Å². The van der Waals surface area contributed by atoms with Crippen molar-refractivity contribution in [1.29, 1.82) is 0 Å². The smallest absolute Gasteiger partial charge is 0.239 e. The van der Waals surface area contributed by atoms with Crippen molar-refractivity contribution in [2.75, 3.05) is 39.3 Å². The lowest BCUT2D eigenvalue weighted by atomic mass is 9.97. The monoisotopic (exact) mass is 323 g/mol. The first-order chi connectivity index (χ1) is 11.0. The van der Waals surface area contributed by atoms with Gasteiger partial charge < -0.3 is 15.1 Å². The van der Waals surface area contributed by atoms with Gasteiger partial charge in [-0.1, -0.05) is 20.3 Å². The van der Waals surface area contributed by atoms with Crippen LogP contribution in [0.1, 0.15) is 52.4 Å². The van der Waals surface area contributed by atoms with Gasteiger partial charge in [-0.15, -0.1) is 0 Å². The molecular formula is C18H33N3O2. The lowest BCUT2D eigenvalue weighted by Crippen LogP contribution is -2.45. The molecule has 0 aromatic carbocycles. The van der Waals surface area contributed by atoms with Crippen LogP contribution in [-0.2, 0) is 9.59 Å². The number of hydrogen-bond donors (Lipinski definition) is 1. The molecule has 5 nitrogen and oxygen atoms in total. The van der Waals surface area contributed by atoms with Gasteiger partial charge in [0.2, 0.25) is 11.8 Å². The second-order valence-electron chi connectivity index (χ2n) is 7.59. The second-order valence-corrected chi connectivity index (χ2v) is 7.59. The van der Waals surface area contributed by atoms with Gasteiger partial charge in [-0.25, -0.2) is 0 Å². The molecule has 0 aliphatic carbocycles. The largest absolute Gasteiger partial charge is 0.354 e. The van der Waals surface area contributed by atoms with E-state index in [1.165, 1.54) is 19.4 Å². The normalized spacial score (nSPS) is 23.9. The summed E-state index contributed by atoms with van der Waals surface area (Å²) in [4.78, 5) is 28.3. The number of carbonyl (C=O) groups is 2. The van der Waals surface area contributed by atoms with Crippen LogP contribution < -0.4 is 5.32 Å². The summed E-state index contributed by atoms with van der Waals surface area (Å²) in [6, 6.07) is 0. The second kappa shape index (κ2) is 9.26. The Bertz CT molecular complexity index is 398. The Kier molecular flexibility index (Phi) is 7.34. The van der Waals surface area contributed by atoms with E-state index >= 15 is 0 Å². The average Bonchev–Trinajstić information content (AvgIpc) is 2.70. The van der Waals surface area contributed by atoms with Crippen LogP contribution in [0, 0.1) is 11.8 Å². The van der Waals surface area contributed by atoms with Crippen LogP contribution in [0.15, 0.2) is 0 Å². The molecule has 0 aromatic heterocycles. The lowest BCUT2D eigenvalue weighted by Gasteiger charge is -2.34. The number of carbonyl (C=O) groups excluding carboxylic acids is 2. The molecule has 0 bridgehead atoms. The summed E-state index contributed by atoms with van der Waals surface area (Å²) in [5.41, 5.74) is 0. The van der Waals surface area contributed by atoms with Crippen LogP contribution in [0.3, 0.4) is 0 Å².